The second-order valence-corrected chi connectivity index (χ2v) is 4.64. The maximum Gasteiger partial charge on any atom is 0.309 e. The van der Waals surface area contributed by atoms with Crippen LogP contribution in [0, 0.1) is 0 Å². The first-order valence-corrected chi connectivity index (χ1v) is 6.51. The van der Waals surface area contributed by atoms with Gasteiger partial charge in [-0.25, -0.2) is 4.98 Å². The van der Waals surface area contributed by atoms with Crippen molar-refractivity contribution in [2.45, 2.75) is 6.42 Å². The monoisotopic (exact) mass is 282 g/mol. The highest BCUT2D eigenvalue weighted by Crippen LogP contribution is 2.26. The van der Waals surface area contributed by atoms with E-state index in [1.54, 1.807) is 29.8 Å². The Balaban J connectivity index is 2.24. The molecule has 106 valence electrons. The van der Waals surface area contributed by atoms with Gasteiger partial charge in [0.05, 0.1) is 24.9 Å². The van der Waals surface area contributed by atoms with Gasteiger partial charge in [-0.3, -0.25) is 4.79 Å². The summed E-state index contributed by atoms with van der Waals surface area (Å²) in [5.74, 6) is -0.196. The second-order valence-electron chi connectivity index (χ2n) is 4.64. The highest BCUT2D eigenvalue weighted by Gasteiger charge is 2.16. The fourth-order valence-electron chi connectivity index (χ4n) is 2.34. The van der Waals surface area contributed by atoms with Crippen molar-refractivity contribution in [2.24, 2.45) is 0 Å². The van der Waals surface area contributed by atoms with Crippen LogP contribution in [0.2, 0.25) is 0 Å². The molecule has 0 aliphatic heterocycles. The summed E-state index contributed by atoms with van der Waals surface area (Å²) in [4.78, 5) is 15.7. The van der Waals surface area contributed by atoms with Gasteiger partial charge < -0.3 is 14.2 Å². The van der Waals surface area contributed by atoms with Crippen molar-refractivity contribution >= 4 is 11.6 Å². The number of aromatic nitrogens is 2. The molecule has 0 saturated carbocycles. The standard InChI is InChI=1S/C16H14N2O3/c1-21-12-7-8-18-13(10-15(19)20)16(17-14(18)9-12)11-5-3-2-4-6-11/h2-9H,10H2,1H3,(H,19,20). The molecule has 0 aliphatic rings. The Kier molecular flexibility index (Phi) is 3.31. The molecule has 3 rings (SSSR count). The molecule has 21 heavy (non-hydrogen) atoms. The van der Waals surface area contributed by atoms with Gasteiger partial charge in [0, 0.05) is 17.8 Å². The Labute approximate surface area is 121 Å². The van der Waals surface area contributed by atoms with Gasteiger partial charge in [-0.1, -0.05) is 30.3 Å². The third kappa shape index (κ3) is 2.45. The largest absolute Gasteiger partial charge is 0.497 e. The summed E-state index contributed by atoms with van der Waals surface area (Å²) < 4.78 is 6.98. The lowest BCUT2D eigenvalue weighted by molar-refractivity contribution is -0.136. The van der Waals surface area contributed by atoms with Crippen LogP contribution in [0.1, 0.15) is 5.69 Å². The molecule has 2 heterocycles. The van der Waals surface area contributed by atoms with Gasteiger partial charge in [-0.05, 0) is 6.07 Å². The Bertz CT molecular complexity index is 794. The number of rotatable bonds is 4. The van der Waals surface area contributed by atoms with Crippen molar-refractivity contribution in [1.82, 2.24) is 9.38 Å². The quantitative estimate of drug-likeness (QED) is 0.799. The van der Waals surface area contributed by atoms with Crippen molar-refractivity contribution in [3.63, 3.8) is 0 Å². The van der Waals surface area contributed by atoms with E-state index in [1.165, 1.54) is 0 Å². The molecule has 5 nitrogen and oxygen atoms in total. The van der Waals surface area contributed by atoms with E-state index in [4.69, 9.17) is 9.84 Å². The van der Waals surface area contributed by atoms with Crippen LogP contribution in [-0.4, -0.2) is 27.6 Å². The number of carboxylic acid groups (broad SMARTS) is 1. The highest BCUT2D eigenvalue weighted by atomic mass is 16.5. The normalized spacial score (nSPS) is 10.7. The lowest BCUT2D eigenvalue weighted by atomic mass is 10.1. The Morgan fingerprint density at radius 3 is 2.71 bits per heavy atom. The summed E-state index contributed by atoms with van der Waals surface area (Å²) in [7, 11) is 1.59. The van der Waals surface area contributed by atoms with E-state index in [9.17, 15) is 4.79 Å². The average Bonchev–Trinajstić information content (AvgIpc) is 2.85. The van der Waals surface area contributed by atoms with Crippen molar-refractivity contribution in [1.29, 1.82) is 0 Å². The first kappa shape index (κ1) is 13.2. The molecule has 2 aromatic heterocycles. The number of nitrogens with zero attached hydrogens (tertiary/aromatic N) is 2. The van der Waals surface area contributed by atoms with Crippen LogP contribution in [0.25, 0.3) is 16.9 Å². The van der Waals surface area contributed by atoms with E-state index >= 15 is 0 Å². The first-order valence-electron chi connectivity index (χ1n) is 6.51. The predicted molar refractivity (Wildman–Crippen MR) is 78.5 cm³/mol. The molecule has 0 bridgehead atoms. The number of carboxylic acids is 1. The number of hydrogen-bond acceptors (Lipinski definition) is 3. The third-order valence-corrected chi connectivity index (χ3v) is 3.30. The molecule has 0 unspecified atom stereocenters. The van der Waals surface area contributed by atoms with E-state index in [0.717, 1.165) is 5.56 Å². The minimum Gasteiger partial charge on any atom is -0.497 e. The van der Waals surface area contributed by atoms with Gasteiger partial charge in [0.25, 0.3) is 0 Å². The molecule has 1 aromatic carbocycles. The molecule has 1 N–H and O–H groups in total. The van der Waals surface area contributed by atoms with E-state index < -0.39 is 5.97 Å². The van der Waals surface area contributed by atoms with Crippen molar-refractivity contribution in [2.75, 3.05) is 7.11 Å². The Morgan fingerprint density at radius 1 is 1.29 bits per heavy atom. The van der Waals surface area contributed by atoms with Gasteiger partial charge in [-0.2, -0.15) is 0 Å². The first-order chi connectivity index (χ1) is 10.2. The van der Waals surface area contributed by atoms with E-state index in [0.29, 0.717) is 22.8 Å². The summed E-state index contributed by atoms with van der Waals surface area (Å²) in [5, 5.41) is 9.15. The Hall–Kier alpha value is -2.82. The average molecular weight is 282 g/mol. The molecule has 0 fully saturated rings. The molecular weight excluding hydrogens is 268 g/mol. The second kappa shape index (κ2) is 5.28. The summed E-state index contributed by atoms with van der Waals surface area (Å²) in [6.07, 6.45) is 1.70. The van der Waals surface area contributed by atoms with Crippen molar-refractivity contribution < 1.29 is 14.6 Å². The molecule has 3 aromatic rings. The number of methoxy groups -OCH3 is 1. The minimum atomic E-state index is -0.884. The maximum atomic E-state index is 11.2. The highest BCUT2D eigenvalue weighted by molar-refractivity contribution is 5.76. The van der Waals surface area contributed by atoms with Crippen LogP contribution in [0.15, 0.2) is 48.7 Å². The molecule has 0 radical (unpaired) electrons. The van der Waals surface area contributed by atoms with Crippen LogP contribution in [0.5, 0.6) is 5.75 Å². The zero-order chi connectivity index (χ0) is 14.8. The van der Waals surface area contributed by atoms with Gasteiger partial charge in [0.2, 0.25) is 0 Å². The van der Waals surface area contributed by atoms with Crippen LogP contribution < -0.4 is 4.74 Å². The van der Waals surface area contributed by atoms with Crippen molar-refractivity contribution in [3.05, 3.63) is 54.4 Å². The number of ether oxygens (including phenoxy) is 1. The smallest absolute Gasteiger partial charge is 0.309 e. The zero-order valence-corrected chi connectivity index (χ0v) is 11.5. The molecule has 0 atom stereocenters. The van der Waals surface area contributed by atoms with Gasteiger partial charge >= 0.3 is 5.97 Å². The molecule has 0 aliphatic carbocycles. The number of imidazole rings is 1. The van der Waals surface area contributed by atoms with E-state index in [1.807, 2.05) is 30.3 Å². The minimum absolute atomic E-state index is 0.0856. The van der Waals surface area contributed by atoms with Crippen LogP contribution >= 0.6 is 0 Å². The number of aliphatic carboxylic acids is 1. The predicted octanol–water partition coefficient (Wildman–Crippen LogP) is 2.64. The molecule has 0 saturated heterocycles. The van der Waals surface area contributed by atoms with Crippen molar-refractivity contribution in [3.8, 4) is 17.0 Å². The van der Waals surface area contributed by atoms with Gasteiger partial charge in [-0.15, -0.1) is 0 Å². The van der Waals surface area contributed by atoms with Crippen LogP contribution in [0.4, 0.5) is 0 Å². The zero-order valence-electron chi connectivity index (χ0n) is 11.5. The molecule has 0 amide bonds. The number of benzene rings is 1. The molecule has 0 spiro atoms. The maximum absolute atomic E-state index is 11.2. The lowest BCUT2D eigenvalue weighted by Crippen LogP contribution is -2.04. The van der Waals surface area contributed by atoms with Gasteiger partial charge in [0.1, 0.15) is 11.4 Å². The number of hydrogen-bond donors (Lipinski definition) is 1. The number of fused-ring (bicyclic) bond motifs is 1. The Morgan fingerprint density at radius 2 is 2.05 bits per heavy atom. The topological polar surface area (TPSA) is 63.8 Å². The van der Waals surface area contributed by atoms with E-state index in [2.05, 4.69) is 4.98 Å². The summed E-state index contributed by atoms with van der Waals surface area (Å²) in [6.45, 7) is 0. The number of pyridine rings is 1. The number of carbonyl (C=O) groups is 1. The fourth-order valence-corrected chi connectivity index (χ4v) is 2.34. The van der Waals surface area contributed by atoms with Crippen LogP contribution in [0.3, 0.4) is 0 Å². The van der Waals surface area contributed by atoms with Crippen LogP contribution in [-0.2, 0) is 11.2 Å². The lowest BCUT2D eigenvalue weighted by Gasteiger charge is -2.03. The third-order valence-electron chi connectivity index (χ3n) is 3.30. The van der Waals surface area contributed by atoms with E-state index in [-0.39, 0.29) is 6.42 Å². The summed E-state index contributed by atoms with van der Waals surface area (Å²) in [6, 6.07) is 13.1. The fraction of sp³-hybridized carbons (Fsp3) is 0.125. The molecular formula is C16H14N2O3. The summed E-state index contributed by atoms with van der Waals surface area (Å²) >= 11 is 0. The molecule has 5 heteroatoms. The van der Waals surface area contributed by atoms with Gasteiger partial charge in [0.15, 0.2) is 0 Å². The SMILES string of the molecule is COc1ccn2c(CC(=O)O)c(-c3ccccc3)nc2c1. The summed E-state index contributed by atoms with van der Waals surface area (Å²) in [5.41, 5.74) is 2.92.